The van der Waals surface area contributed by atoms with Gasteiger partial charge in [-0.25, -0.2) is 0 Å². The Hall–Kier alpha value is -0.930. The molecule has 1 aliphatic heterocycles. The molecule has 82 valence electrons. The van der Waals surface area contributed by atoms with Gasteiger partial charge in [0.1, 0.15) is 0 Å². The summed E-state index contributed by atoms with van der Waals surface area (Å²) in [6, 6.07) is 4.78. The lowest BCUT2D eigenvalue weighted by atomic mass is 10.1. The van der Waals surface area contributed by atoms with Gasteiger partial charge in [-0.3, -0.25) is 4.98 Å². The highest BCUT2D eigenvalue weighted by Gasteiger charge is 2.10. The number of pyridine rings is 1. The third-order valence-electron chi connectivity index (χ3n) is 2.89. The second-order valence-electron chi connectivity index (χ2n) is 4.12. The number of hydrogen-bond donors (Lipinski definition) is 2. The predicted octanol–water partition coefficient (Wildman–Crippen LogP) is 1.31. The topological polar surface area (TPSA) is 37.0 Å². The van der Waals surface area contributed by atoms with Gasteiger partial charge in [-0.15, -0.1) is 0 Å². The van der Waals surface area contributed by atoms with E-state index in [2.05, 4.69) is 21.7 Å². The molecule has 1 fully saturated rings. The molecule has 3 nitrogen and oxygen atoms in total. The third-order valence-corrected chi connectivity index (χ3v) is 2.89. The van der Waals surface area contributed by atoms with Crippen LogP contribution in [0, 0.1) is 0 Å². The van der Waals surface area contributed by atoms with E-state index < -0.39 is 0 Å². The number of nitrogens with zero attached hydrogens (tertiary/aromatic N) is 1. The van der Waals surface area contributed by atoms with Crippen molar-refractivity contribution in [2.24, 2.45) is 0 Å². The fourth-order valence-electron chi connectivity index (χ4n) is 1.99. The van der Waals surface area contributed by atoms with Crippen LogP contribution in [0.2, 0.25) is 0 Å². The summed E-state index contributed by atoms with van der Waals surface area (Å²) >= 11 is 0. The minimum Gasteiger partial charge on any atom is -0.317 e. The summed E-state index contributed by atoms with van der Waals surface area (Å²) in [5.74, 6) is 0. The summed E-state index contributed by atoms with van der Waals surface area (Å²) in [5, 5.41) is 7.02. The molecule has 2 heterocycles. The van der Waals surface area contributed by atoms with Gasteiger partial charge < -0.3 is 10.6 Å². The lowest BCUT2D eigenvalue weighted by Gasteiger charge is -2.15. The zero-order chi connectivity index (χ0) is 10.3. The molecule has 1 unspecified atom stereocenters. The van der Waals surface area contributed by atoms with Crippen LogP contribution >= 0.6 is 0 Å². The second kappa shape index (κ2) is 5.83. The van der Waals surface area contributed by atoms with Gasteiger partial charge in [0.15, 0.2) is 0 Å². The van der Waals surface area contributed by atoms with Gasteiger partial charge >= 0.3 is 0 Å². The van der Waals surface area contributed by atoms with Crippen molar-refractivity contribution in [3.8, 4) is 0 Å². The zero-order valence-electron chi connectivity index (χ0n) is 9.08. The lowest BCUT2D eigenvalue weighted by molar-refractivity contribution is 0.468. The molecule has 0 radical (unpaired) electrons. The quantitative estimate of drug-likeness (QED) is 0.781. The van der Waals surface area contributed by atoms with Crippen LogP contribution in [0.3, 0.4) is 0 Å². The van der Waals surface area contributed by atoms with E-state index in [0.29, 0.717) is 6.04 Å². The van der Waals surface area contributed by atoms with E-state index >= 15 is 0 Å². The lowest BCUT2D eigenvalue weighted by Crippen LogP contribution is -2.29. The first-order valence-corrected chi connectivity index (χ1v) is 5.78. The smallest absolute Gasteiger partial charge is 0.0312 e. The van der Waals surface area contributed by atoms with E-state index in [1.165, 1.54) is 31.4 Å². The maximum atomic E-state index is 4.11. The molecule has 0 aromatic carbocycles. The summed E-state index contributed by atoms with van der Waals surface area (Å²) in [5.41, 5.74) is 1.27. The first-order chi connectivity index (χ1) is 7.45. The first-order valence-electron chi connectivity index (χ1n) is 5.78. The van der Waals surface area contributed by atoms with Gasteiger partial charge in [0.2, 0.25) is 0 Å². The molecule has 0 aliphatic carbocycles. The van der Waals surface area contributed by atoms with Gasteiger partial charge in [0.05, 0.1) is 0 Å². The van der Waals surface area contributed by atoms with E-state index in [-0.39, 0.29) is 0 Å². The Morgan fingerprint density at radius 2 is 2.40 bits per heavy atom. The van der Waals surface area contributed by atoms with Crippen molar-refractivity contribution >= 4 is 0 Å². The van der Waals surface area contributed by atoms with Crippen molar-refractivity contribution in [2.75, 3.05) is 13.1 Å². The molecule has 1 saturated heterocycles. The third kappa shape index (κ3) is 3.61. The molecule has 1 atom stereocenters. The molecule has 3 heteroatoms. The van der Waals surface area contributed by atoms with Crippen LogP contribution in [0.4, 0.5) is 0 Å². The van der Waals surface area contributed by atoms with Crippen LogP contribution in [-0.2, 0) is 6.54 Å². The molecular formula is C12H19N3. The van der Waals surface area contributed by atoms with Gasteiger partial charge in [-0.05, 0) is 44.0 Å². The SMILES string of the molecule is c1cncc(CNC2CCCNCC2)c1. The van der Waals surface area contributed by atoms with Crippen molar-refractivity contribution in [3.05, 3.63) is 30.1 Å². The van der Waals surface area contributed by atoms with Crippen LogP contribution < -0.4 is 10.6 Å². The first kappa shape index (κ1) is 10.6. The molecule has 15 heavy (non-hydrogen) atoms. The Balaban J connectivity index is 1.77. The average Bonchev–Trinajstić information content (AvgIpc) is 2.56. The van der Waals surface area contributed by atoms with Crippen LogP contribution in [0.25, 0.3) is 0 Å². The largest absolute Gasteiger partial charge is 0.317 e. The summed E-state index contributed by atoms with van der Waals surface area (Å²) in [6.45, 7) is 3.26. The maximum Gasteiger partial charge on any atom is 0.0312 e. The van der Waals surface area contributed by atoms with Gasteiger partial charge in [-0.2, -0.15) is 0 Å². The summed E-state index contributed by atoms with van der Waals surface area (Å²) < 4.78 is 0. The van der Waals surface area contributed by atoms with Crippen LogP contribution in [0.15, 0.2) is 24.5 Å². The molecule has 0 saturated carbocycles. The monoisotopic (exact) mass is 205 g/mol. The summed E-state index contributed by atoms with van der Waals surface area (Å²) in [7, 11) is 0. The fraction of sp³-hybridized carbons (Fsp3) is 0.583. The van der Waals surface area contributed by atoms with Crippen LogP contribution in [0.1, 0.15) is 24.8 Å². The van der Waals surface area contributed by atoms with Gasteiger partial charge in [0, 0.05) is 25.0 Å². The number of nitrogens with one attached hydrogen (secondary N) is 2. The highest BCUT2D eigenvalue weighted by molar-refractivity contribution is 5.08. The Labute approximate surface area is 91.3 Å². The fourth-order valence-corrected chi connectivity index (χ4v) is 1.99. The van der Waals surface area contributed by atoms with Gasteiger partial charge in [-0.1, -0.05) is 6.07 Å². The molecule has 1 aromatic heterocycles. The Morgan fingerprint density at radius 1 is 1.40 bits per heavy atom. The maximum absolute atomic E-state index is 4.11. The van der Waals surface area contributed by atoms with Crippen LogP contribution in [0.5, 0.6) is 0 Å². The second-order valence-corrected chi connectivity index (χ2v) is 4.12. The molecule has 0 spiro atoms. The minimum atomic E-state index is 0.667. The number of hydrogen-bond acceptors (Lipinski definition) is 3. The molecule has 2 rings (SSSR count). The van der Waals surface area contributed by atoms with Crippen molar-refractivity contribution in [1.29, 1.82) is 0 Å². The normalized spacial score (nSPS) is 22.3. The zero-order valence-corrected chi connectivity index (χ0v) is 9.08. The highest BCUT2D eigenvalue weighted by atomic mass is 14.9. The van der Waals surface area contributed by atoms with E-state index in [1.54, 1.807) is 0 Å². The van der Waals surface area contributed by atoms with Crippen molar-refractivity contribution < 1.29 is 0 Å². The van der Waals surface area contributed by atoms with E-state index in [4.69, 9.17) is 0 Å². The molecular weight excluding hydrogens is 186 g/mol. The number of aromatic nitrogens is 1. The molecule has 1 aliphatic rings. The van der Waals surface area contributed by atoms with Crippen molar-refractivity contribution in [3.63, 3.8) is 0 Å². The summed E-state index contributed by atoms with van der Waals surface area (Å²) in [4.78, 5) is 4.11. The van der Waals surface area contributed by atoms with Crippen LogP contribution in [-0.4, -0.2) is 24.1 Å². The van der Waals surface area contributed by atoms with E-state index in [1.807, 2.05) is 18.5 Å². The Bertz CT molecular complexity index is 265. The average molecular weight is 205 g/mol. The predicted molar refractivity (Wildman–Crippen MR) is 61.6 cm³/mol. The molecule has 1 aromatic rings. The van der Waals surface area contributed by atoms with Crippen molar-refractivity contribution in [1.82, 2.24) is 15.6 Å². The Morgan fingerprint density at radius 3 is 3.27 bits per heavy atom. The Kier molecular flexibility index (Phi) is 4.11. The minimum absolute atomic E-state index is 0.667. The summed E-state index contributed by atoms with van der Waals surface area (Å²) in [6.07, 6.45) is 7.55. The van der Waals surface area contributed by atoms with E-state index in [9.17, 15) is 0 Å². The molecule has 0 bridgehead atoms. The van der Waals surface area contributed by atoms with E-state index in [0.717, 1.165) is 13.1 Å². The number of rotatable bonds is 3. The van der Waals surface area contributed by atoms with Gasteiger partial charge in [0.25, 0.3) is 0 Å². The highest BCUT2D eigenvalue weighted by Crippen LogP contribution is 2.06. The molecule has 2 N–H and O–H groups in total. The molecule has 0 amide bonds. The van der Waals surface area contributed by atoms with Crippen molar-refractivity contribution in [2.45, 2.75) is 31.8 Å². The standard InChI is InChI=1S/C12H19N3/c1-3-11(9-14-7-1)10-15-12-4-2-6-13-8-5-12/h1,3,7,9,12-13,15H,2,4-6,8,10H2.